The van der Waals surface area contributed by atoms with E-state index >= 15 is 0 Å². The molecule has 0 bridgehead atoms. The highest BCUT2D eigenvalue weighted by molar-refractivity contribution is 7.20. The summed E-state index contributed by atoms with van der Waals surface area (Å²) in [7, 11) is 1.83. The van der Waals surface area contributed by atoms with Crippen LogP contribution in [0.5, 0.6) is 0 Å². The number of rotatable bonds is 2. The summed E-state index contributed by atoms with van der Waals surface area (Å²) in [6, 6.07) is 3.38. The van der Waals surface area contributed by atoms with Gasteiger partial charge < -0.3 is 5.32 Å². The second-order valence-corrected chi connectivity index (χ2v) is 6.78. The maximum Gasteiger partial charge on any atom is 0.258 e. The first-order valence-electron chi connectivity index (χ1n) is 6.01. The first kappa shape index (κ1) is 14.3. The number of anilines is 1. The van der Waals surface area contributed by atoms with Gasteiger partial charge in [-0.2, -0.15) is 5.10 Å². The number of nitrogens with zero attached hydrogens (tertiary/aromatic N) is 3. The van der Waals surface area contributed by atoms with Gasteiger partial charge in [-0.05, 0) is 19.1 Å². The van der Waals surface area contributed by atoms with E-state index in [2.05, 4.69) is 15.4 Å². The molecule has 3 rings (SSSR count). The number of halogens is 2. The molecule has 3 aromatic rings. The average Bonchev–Trinajstić information content (AvgIpc) is 2.90. The maximum absolute atomic E-state index is 12.2. The van der Waals surface area contributed by atoms with Crippen LogP contribution in [-0.2, 0) is 7.05 Å². The first-order valence-corrected chi connectivity index (χ1v) is 7.58. The lowest BCUT2D eigenvalue weighted by molar-refractivity contribution is 0.102. The highest BCUT2D eigenvalue weighted by atomic mass is 35.5. The Morgan fingerprint density at radius 1 is 1.38 bits per heavy atom. The Balaban J connectivity index is 1.93. The zero-order valence-corrected chi connectivity index (χ0v) is 13.5. The lowest BCUT2D eigenvalue weighted by atomic mass is 10.2. The minimum absolute atomic E-state index is 0.314. The molecule has 1 N–H and O–H groups in total. The van der Waals surface area contributed by atoms with E-state index in [1.807, 2.05) is 20.0 Å². The highest BCUT2D eigenvalue weighted by Crippen LogP contribution is 2.31. The third-order valence-corrected chi connectivity index (χ3v) is 4.51. The SMILES string of the molecule is Cc1nn(C)c2ncc(NC(=O)c3cc(Cl)sc3Cl)cc12. The van der Waals surface area contributed by atoms with Gasteiger partial charge in [0.25, 0.3) is 5.91 Å². The second kappa shape index (κ2) is 5.29. The second-order valence-electron chi connectivity index (χ2n) is 4.50. The Bertz CT molecular complexity index is 855. The molecule has 8 heteroatoms. The van der Waals surface area contributed by atoms with E-state index in [0.717, 1.165) is 28.1 Å². The summed E-state index contributed by atoms with van der Waals surface area (Å²) in [5, 5.41) is 7.95. The average molecular weight is 341 g/mol. The number of nitrogens with one attached hydrogen (secondary N) is 1. The van der Waals surface area contributed by atoms with E-state index in [1.165, 1.54) is 0 Å². The van der Waals surface area contributed by atoms with Gasteiger partial charge >= 0.3 is 0 Å². The van der Waals surface area contributed by atoms with Crippen molar-refractivity contribution >= 4 is 57.2 Å². The minimum Gasteiger partial charge on any atom is -0.320 e. The molecule has 0 aliphatic rings. The molecule has 21 heavy (non-hydrogen) atoms. The third-order valence-electron chi connectivity index (χ3n) is 3.02. The normalized spacial score (nSPS) is 11.0. The standard InChI is InChI=1S/C13H10Cl2N4OS/c1-6-8-3-7(5-16-12(8)19(2)18-6)17-13(20)9-4-10(14)21-11(9)15/h3-5H,1-2H3,(H,17,20). The zero-order chi connectivity index (χ0) is 15.1. The predicted molar refractivity (Wildman–Crippen MR) is 85.5 cm³/mol. The van der Waals surface area contributed by atoms with Crippen molar-refractivity contribution in [3.05, 3.63) is 38.3 Å². The monoisotopic (exact) mass is 340 g/mol. The van der Waals surface area contributed by atoms with Gasteiger partial charge in [-0.3, -0.25) is 9.48 Å². The Kier molecular flexibility index (Phi) is 3.61. The molecule has 0 saturated carbocycles. The summed E-state index contributed by atoms with van der Waals surface area (Å²) in [4.78, 5) is 16.5. The zero-order valence-electron chi connectivity index (χ0n) is 11.1. The van der Waals surface area contributed by atoms with Gasteiger partial charge in [0, 0.05) is 12.4 Å². The van der Waals surface area contributed by atoms with Crippen molar-refractivity contribution in [2.45, 2.75) is 6.92 Å². The van der Waals surface area contributed by atoms with E-state index in [-0.39, 0.29) is 5.91 Å². The molecule has 0 atom stereocenters. The van der Waals surface area contributed by atoms with Crippen molar-refractivity contribution < 1.29 is 4.79 Å². The number of hydrogen-bond acceptors (Lipinski definition) is 4. The van der Waals surface area contributed by atoms with Crippen LogP contribution in [0.4, 0.5) is 5.69 Å². The summed E-state index contributed by atoms with van der Waals surface area (Å²) in [6.45, 7) is 1.89. The van der Waals surface area contributed by atoms with Crippen LogP contribution in [-0.4, -0.2) is 20.7 Å². The van der Waals surface area contributed by atoms with Crippen molar-refractivity contribution in [3.63, 3.8) is 0 Å². The quantitative estimate of drug-likeness (QED) is 0.769. The number of thiophene rings is 1. The molecule has 1 amide bonds. The molecule has 0 saturated heterocycles. The van der Waals surface area contributed by atoms with Crippen LogP contribution in [0, 0.1) is 6.92 Å². The van der Waals surface area contributed by atoms with Gasteiger partial charge in [-0.15, -0.1) is 11.3 Å². The lowest BCUT2D eigenvalue weighted by Crippen LogP contribution is -2.11. The van der Waals surface area contributed by atoms with Gasteiger partial charge in [-0.25, -0.2) is 4.98 Å². The van der Waals surface area contributed by atoms with E-state index in [9.17, 15) is 4.79 Å². The Morgan fingerprint density at radius 2 is 2.14 bits per heavy atom. The fourth-order valence-electron chi connectivity index (χ4n) is 2.07. The molecule has 0 fully saturated rings. The van der Waals surface area contributed by atoms with E-state index in [1.54, 1.807) is 16.9 Å². The van der Waals surface area contributed by atoms with Crippen LogP contribution in [0.2, 0.25) is 8.67 Å². The highest BCUT2D eigenvalue weighted by Gasteiger charge is 2.15. The van der Waals surface area contributed by atoms with Crippen molar-refractivity contribution in [3.8, 4) is 0 Å². The van der Waals surface area contributed by atoms with E-state index in [0.29, 0.717) is 19.9 Å². The molecule has 0 radical (unpaired) electrons. The van der Waals surface area contributed by atoms with Crippen LogP contribution < -0.4 is 5.32 Å². The Hall–Kier alpha value is -1.63. The van der Waals surface area contributed by atoms with Gasteiger partial charge in [0.1, 0.15) is 4.34 Å². The molecule has 3 aromatic heterocycles. The van der Waals surface area contributed by atoms with E-state index < -0.39 is 0 Å². The van der Waals surface area contributed by atoms with Crippen molar-refractivity contribution in [1.82, 2.24) is 14.8 Å². The largest absolute Gasteiger partial charge is 0.320 e. The smallest absolute Gasteiger partial charge is 0.258 e. The van der Waals surface area contributed by atoms with Crippen LogP contribution >= 0.6 is 34.5 Å². The number of fused-ring (bicyclic) bond motifs is 1. The molecular weight excluding hydrogens is 331 g/mol. The maximum atomic E-state index is 12.2. The lowest BCUT2D eigenvalue weighted by Gasteiger charge is -2.04. The van der Waals surface area contributed by atoms with Crippen LogP contribution in [0.1, 0.15) is 16.1 Å². The summed E-state index contributed by atoms with van der Waals surface area (Å²) in [5.41, 5.74) is 2.56. The third kappa shape index (κ3) is 2.62. The van der Waals surface area contributed by atoms with Crippen molar-refractivity contribution in [1.29, 1.82) is 0 Å². The molecule has 0 aliphatic heterocycles. The topological polar surface area (TPSA) is 59.8 Å². The molecule has 3 heterocycles. The minimum atomic E-state index is -0.314. The number of amides is 1. The molecule has 0 spiro atoms. The number of aryl methyl sites for hydroxylation is 2. The first-order chi connectivity index (χ1) is 9.95. The summed E-state index contributed by atoms with van der Waals surface area (Å²) in [5.74, 6) is -0.314. The number of hydrogen-bond donors (Lipinski definition) is 1. The molecule has 0 aromatic carbocycles. The number of pyridine rings is 1. The summed E-state index contributed by atoms with van der Waals surface area (Å²) >= 11 is 13.0. The van der Waals surface area contributed by atoms with Gasteiger partial charge in [0.2, 0.25) is 0 Å². The number of aromatic nitrogens is 3. The van der Waals surface area contributed by atoms with Gasteiger partial charge in [0.15, 0.2) is 5.65 Å². The van der Waals surface area contributed by atoms with Gasteiger partial charge in [-0.1, -0.05) is 23.2 Å². The predicted octanol–water partition coefficient (Wildman–Crippen LogP) is 3.90. The Morgan fingerprint density at radius 3 is 2.81 bits per heavy atom. The fraction of sp³-hybridized carbons (Fsp3) is 0.154. The van der Waals surface area contributed by atoms with E-state index in [4.69, 9.17) is 23.2 Å². The molecule has 108 valence electrons. The summed E-state index contributed by atoms with van der Waals surface area (Å²) in [6.07, 6.45) is 1.59. The molecule has 0 unspecified atom stereocenters. The molecule has 0 aliphatic carbocycles. The summed E-state index contributed by atoms with van der Waals surface area (Å²) < 4.78 is 2.54. The number of carbonyl (C=O) groups excluding carboxylic acids is 1. The van der Waals surface area contributed by atoms with Crippen LogP contribution in [0.15, 0.2) is 18.3 Å². The fourth-order valence-corrected chi connectivity index (χ4v) is 3.53. The number of carbonyl (C=O) groups is 1. The van der Waals surface area contributed by atoms with Crippen LogP contribution in [0.3, 0.4) is 0 Å². The van der Waals surface area contributed by atoms with Crippen molar-refractivity contribution in [2.75, 3.05) is 5.32 Å². The molecular formula is C13H10Cl2N4OS. The van der Waals surface area contributed by atoms with Crippen LogP contribution in [0.25, 0.3) is 11.0 Å². The van der Waals surface area contributed by atoms with Gasteiger partial charge in [0.05, 0.1) is 27.5 Å². The molecule has 5 nitrogen and oxygen atoms in total. The Labute approximate surface area is 134 Å². The van der Waals surface area contributed by atoms with Crippen molar-refractivity contribution in [2.24, 2.45) is 7.05 Å².